The molecule has 0 unspecified atom stereocenters. The van der Waals surface area contributed by atoms with Gasteiger partial charge in [0, 0.05) is 43.9 Å². The van der Waals surface area contributed by atoms with E-state index in [1.807, 2.05) is 78.9 Å². The van der Waals surface area contributed by atoms with Gasteiger partial charge in [-0.3, -0.25) is 0 Å². The third kappa shape index (κ3) is 5.61. The fourth-order valence-corrected chi connectivity index (χ4v) is 9.20. The van der Waals surface area contributed by atoms with Crippen LogP contribution in [-0.2, 0) is 0 Å². The summed E-state index contributed by atoms with van der Waals surface area (Å²) in [7, 11) is 0. The van der Waals surface area contributed by atoms with Crippen LogP contribution in [0.5, 0.6) is 0 Å². The molecular weight excluding hydrogens is 757 g/mol. The van der Waals surface area contributed by atoms with E-state index >= 15 is 0 Å². The standard InChI is InChI=1S/C56H34N6/c57-35-41-33-40(55-58-54(38-18-5-2-6-19-38)59-56(60-55)46-23-10-9-21-43(46)37-16-3-1-4-17-37)28-31-48(41)62-49-25-13-11-22-44(49)45-30-32-51-52(53(45)62)47-24-12-14-26-50(47)61(51)42-29-27-36-15-7-8-20-39(36)34-42/h1-34H. The van der Waals surface area contributed by atoms with Gasteiger partial charge in [-0.25, -0.2) is 15.0 Å². The van der Waals surface area contributed by atoms with Crippen molar-refractivity contribution in [3.05, 3.63) is 212 Å². The lowest BCUT2D eigenvalue weighted by Crippen LogP contribution is -2.02. The highest BCUT2D eigenvalue weighted by Crippen LogP contribution is 2.43. The zero-order chi connectivity index (χ0) is 41.1. The largest absolute Gasteiger partial charge is 0.309 e. The van der Waals surface area contributed by atoms with Crippen molar-refractivity contribution in [3.8, 4) is 62.7 Å². The molecule has 0 aliphatic rings. The number of rotatable bonds is 6. The van der Waals surface area contributed by atoms with Crippen molar-refractivity contribution in [2.24, 2.45) is 0 Å². The van der Waals surface area contributed by atoms with E-state index in [2.05, 4.69) is 143 Å². The monoisotopic (exact) mass is 790 g/mol. The predicted molar refractivity (Wildman–Crippen MR) is 252 cm³/mol. The molecule has 0 atom stereocenters. The molecule has 0 bridgehead atoms. The molecule has 12 rings (SSSR count). The summed E-state index contributed by atoms with van der Waals surface area (Å²) in [6, 6.07) is 73.8. The van der Waals surface area contributed by atoms with Crippen LogP contribution < -0.4 is 0 Å². The van der Waals surface area contributed by atoms with Crippen LogP contribution >= 0.6 is 0 Å². The van der Waals surface area contributed by atoms with Gasteiger partial charge in [-0.05, 0) is 70.4 Å². The number of nitriles is 1. The van der Waals surface area contributed by atoms with Crippen LogP contribution in [0.15, 0.2) is 206 Å². The minimum absolute atomic E-state index is 0.489. The molecule has 0 saturated heterocycles. The van der Waals surface area contributed by atoms with Gasteiger partial charge in [-0.2, -0.15) is 5.26 Å². The van der Waals surface area contributed by atoms with E-state index in [0.29, 0.717) is 23.0 Å². The number of aromatic nitrogens is 5. The SMILES string of the molecule is N#Cc1cc(-c2nc(-c3ccccc3)nc(-c3ccccc3-c3ccccc3)n2)ccc1-n1c2ccccc2c2ccc3c(c4ccccc4n3-c3ccc4ccccc4c3)c21. The molecule has 0 fully saturated rings. The average molecular weight is 791 g/mol. The van der Waals surface area contributed by atoms with Crippen LogP contribution in [0, 0.1) is 11.3 Å². The summed E-state index contributed by atoms with van der Waals surface area (Å²) in [4.78, 5) is 15.2. The first-order chi connectivity index (χ1) is 30.7. The lowest BCUT2D eigenvalue weighted by atomic mass is 9.99. The predicted octanol–water partition coefficient (Wildman–Crippen LogP) is 13.8. The second-order valence-electron chi connectivity index (χ2n) is 15.5. The Morgan fingerprint density at radius 1 is 0.387 bits per heavy atom. The van der Waals surface area contributed by atoms with Crippen LogP contribution in [0.2, 0.25) is 0 Å². The van der Waals surface area contributed by atoms with Crippen molar-refractivity contribution >= 4 is 54.4 Å². The molecule has 9 aromatic carbocycles. The Labute approximate surface area is 356 Å². The van der Waals surface area contributed by atoms with Crippen LogP contribution in [0.25, 0.3) is 111 Å². The molecule has 12 aromatic rings. The molecule has 3 aromatic heterocycles. The van der Waals surface area contributed by atoms with Crippen molar-refractivity contribution < 1.29 is 0 Å². The van der Waals surface area contributed by atoms with Crippen molar-refractivity contribution in [1.82, 2.24) is 24.1 Å². The van der Waals surface area contributed by atoms with E-state index < -0.39 is 0 Å². The average Bonchev–Trinajstić information content (AvgIpc) is 3.87. The third-order valence-corrected chi connectivity index (χ3v) is 12.0. The number of fused-ring (bicyclic) bond motifs is 8. The number of nitrogens with zero attached hydrogens (tertiary/aromatic N) is 6. The smallest absolute Gasteiger partial charge is 0.164 e. The van der Waals surface area contributed by atoms with Gasteiger partial charge in [-0.1, -0.05) is 158 Å². The van der Waals surface area contributed by atoms with Crippen molar-refractivity contribution in [2.45, 2.75) is 0 Å². The summed E-state index contributed by atoms with van der Waals surface area (Å²) in [5.74, 6) is 1.61. The summed E-state index contributed by atoms with van der Waals surface area (Å²) in [6.07, 6.45) is 0. The summed E-state index contributed by atoms with van der Waals surface area (Å²) in [6.45, 7) is 0. The zero-order valence-electron chi connectivity index (χ0n) is 33.3. The summed E-state index contributed by atoms with van der Waals surface area (Å²) >= 11 is 0. The van der Waals surface area contributed by atoms with Crippen LogP contribution in [0.4, 0.5) is 0 Å². The maximum absolute atomic E-state index is 11.1. The topological polar surface area (TPSA) is 72.3 Å². The molecule has 0 radical (unpaired) electrons. The molecule has 6 nitrogen and oxygen atoms in total. The summed E-state index contributed by atoms with van der Waals surface area (Å²) in [5, 5.41) is 18.0. The van der Waals surface area contributed by atoms with E-state index in [1.165, 1.54) is 10.8 Å². The fourth-order valence-electron chi connectivity index (χ4n) is 9.20. The van der Waals surface area contributed by atoms with E-state index in [4.69, 9.17) is 15.0 Å². The molecule has 0 aliphatic carbocycles. The van der Waals surface area contributed by atoms with Gasteiger partial charge in [0.1, 0.15) is 6.07 Å². The second-order valence-corrected chi connectivity index (χ2v) is 15.5. The van der Waals surface area contributed by atoms with Gasteiger partial charge in [-0.15, -0.1) is 0 Å². The van der Waals surface area contributed by atoms with Crippen LogP contribution in [0.3, 0.4) is 0 Å². The van der Waals surface area contributed by atoms with Gasteiger partial charge in [0.15, 0.2) is 17.5 Å². The van der Waals surface area contributed by atoms with Gasteiger partial charge in [0.2, 0.25) is 0 Å². The number of benzene rings is 9. The molecule has 0 spiro atoms. The molecule has 62 heavy (non-hydrogen) atoms. The lowest BCUT2D eigenvalue weighted by molar-refractivity contribution is 1.07. The molecule has 0 amide bonds. The van der Waals surface area contributed by atoms with Crippen molar-refractivity contribution in [2.75, 3.05) is 0 Å². The summed E-state index contributed by atoms with van der Waals surface area (Å²) < 4.78 is 4.64. The molecule has 6 heteroatoms. The maximum Gasteiger partial charge on any atom is 0.164 e. The van der Waals surface area contributed by atoms with Gasteiger partial charge >= 0.3 is 0 Å². The Bertz CT molecular complexity index is 3760. The fraction of sp³-hybridized carbons (Fsp3) is 0. The Morgan fingerprint density at radius 3 is 1.77 bits per heavy atom. The normalized spacial score (nSPS) is 11.5. The van der Waals surface area contributed by atoms with Gasteiger partial charge < -0.3 is 9.13 Å². The Kier molecular flexibility index (Phi) is 8.12. The minimum atomic E-state index is 0.489. The molecule has 288 valence electrons. The van der Waals surface area contributed by atoms with E-state index in [0.717, 1.165) is 82.8 Å². The molecule has 0 saturated carbocycles. The highest BCUT2D eigenvalue weighted by atomic mass is 15.0. The van der Waals surface area contributed by atoms with Crippen molar-refractivity contribution in [3.63, 3.8) is 0 Å². The maximum atomic E-state index is 11.1. The lowest BCUT2D eigenvalue weighted by Gasteiger charge is -2.14. The van der Waals surface area contributed by atoms with Gasteiger partial charge in [0.05, 0.1) is 33.3 Å². The number of hydrogen-bond acceptors (Lipinski definition) is 4. The Balaban J connectivity index is 1.09. The molecule has 3 heterocycles. The zero-order valence-corrected chi connectivity index (χ0v) is 33.3. The number of para-hydroxylation sites is 2. The van der Waals surface area contributed by atoms with E-state index in [-0.39, 0.29) is 0 Å². The Morgan fingerprint density at radius 2 is 1.00 bits per heavy atom. The second kappa shape index (κ2) is 14.3. The summed E-state index contributed by atoms with van der Waals surface area (Å²) in [5.41, 5.74) is 11.3. The quantitative estimate of drug-likeness (QED) is 0.168. The highest BCUT2D eigenvalue weighted by Gasteiger charge is 2.23. The van der Waals surface area contributed by atoms with E-state index in [1.54, 1.807) is 0 Å². The molecule has 0 N–H and O–H groups in total. The van der Waals surface area contributed by atoms with Crippen molar-refractivity contribution in [1.29, 1.82) is 5.26 Å². The number of hydrogen-bond donors (Lipinski definition) is 0. The first-order valence-electron chi connectivity index (χ1n) is 20.7. The van der Waals surface area contributed by atoms with Crippen LogP contribution in [0.1, 0.15) is 5.56 Å². The first kappa shape index (κ1) is 35.3. The minimum Gasteiger partial charge on any atom is -0.309 e. The third-order valence-electron chi connectivity index (χ3n) is 12.0. The Hall–Kier alpha value is -8.66. The van der Waals surface area contributed by atoms with Crippen LogP contribution in [-0.4, -0.2) is 24.1 Å². The van der Waals surface area contributed by atoms with Gasteiger partial charge in [0.25, 0.3) is 0 Å². The highest BCUT2D eigenvalue weighted by molar-refractivity contribution is 6.26. The molecule has 0 aliphatic heterocycles. The first-order valence-corrected chi connectivity index (χ1v) is 20.7. The van der Waals surface area contributed by atoms with E-state index in [9.17, 15) is 5.26 Å². The molecular formula is C56H34N6.